The van der Waals surface area contributed by atoms with E-state index in [1.807, 2.05) is 19.1 Å². The number of allylic oxidation sites excluding steroid dienone is 1. The molecule has 2 N–H and O–H groups in total. The Morgan fingerprint density at radius 2 is 2.38 bits per heavy atom. The van der Waals surface area contributed by atoms with E-state index >= 15 is 0 Å². The summed E-state index contributed by atoms with van der Waals surface area (Å²) in [6.45, 7) is 2.57. The Kier molecular flexibility index (Phi) is 2.23. The van der Waals surface area contributed by atoms with Gasteiger partial charge in [-0.25, -0.2) is 0 Å². The monoisotopic (exact) mass is 177 g/mol. The fourth-order valence-corrected chi connectivity index (χ4v) is 1.58. The van der Waals surface area contributed by atoms with Crippen LogP contribution in [0, 0.1) is 12.8 Å². The molecule has 1 heterocycles. The Morgan fingerprint density at radius 3 is 2.85 bits per heavy atom. The lowest BCUT2D eigenvalue weighted by Gasteiger charge is -2.00. The van der Waals surface area contributed by atoms with Crippen LogP contribution in [0.15, 0.2) is 22.6 Å². The van der Waals surface area contributed by atoms with Crippen LogP contribution in [0.5, 0.6) is 0 Å². The summed E-state index contributed by atoms with van der Waals surface area (Å²) in [7, 11) is 0. The van der Waals surface area contributed by atoms with Crippen molar-refractivity contribution in [3.8, 4) is 0 Å². The Hall–Kier alpha value is -1.02. The maximum atomic E-state index is 5.58. The van der Waals surface area contributed by atoms with E-state index in [4.69, 9.17) is 10.2 Å². The van der Waals surface area contributed by atoms with Gasteiger partial charge >= 0.3 is 0 Å². The molecule has 0 aliphatic heterocycles. The fourth-order valence-electron chi connectivity index (χ4n) is 1.58. The number of aryl methyl sites for hydroxylation is 1. The largest absolute Gasteiger partial charge is 0.462 e. The van der Waals surface area contributed by atoms with E-state index in [9.17, 15) is 0 Å². The van der Waals surface area contributed by atoms with Gasteiger partial charge in [0.25, 0.3) is 0 Å². The Balaban J connectivity index is 2.24. The van der Waals surface area contributed by atoms with Gasteiger partial charge in [0.1, 0.15) is 11.5 Å². The highest BCUT2D eigenvalue weighted by Gasteiger charge is 2.28. The van der Waals surface area contributed by atoms with E-state index < -0.39 is 0 Å². The van der Waals surface area contributed by atoms with E-state index in [-0.39, 0.29) is 0 Å². The lowest BCUT2D eigenvalue weighted by Crippen LogP contribution is -1.96. The molecule has 1 fully saturated rings. The van der Waals surface area contributed by atoms with Gasteiger partial charge < -0.3 is 10.2 Å². The van der Waals surface area contributed by atoms with Crippen LogP contribution < -0.4 is 5.73 Å². The predicted octanol–water partition coefficient (Wildman–Crippen LogP) is 2.34. The third kappa shape index (κ3) is 1.83. The van der Waals surface area contributed by atoms with Crippen LogP contribution >= 0.6 is 0 Å². The van der Waals surface area contributed by atoms with Gasteiger partial charge in [-0.1, -0.05) is 6.08 Å². The molecule has 0 bridgehead atoms. The van der Waals surface area contributed by atoms with Crippen molar-refractivity contribution in [3.05, 3.63) is 29.7 Å². The summed E-state index contributed by atoms with van der Waals surface area (Å²) in [5.74, 6) is 2.68. The molecular formula is C11H15NO. The van der Waals surface area contributed by atoms with Crippen LogP contribution in [0.25, 0.3) is 5.57 Å². The quantitative estimate of drug-likeness (QED) is 0.769. The molecule has 0 atom stereocenters. The molecule has 2 rings (SSSR count). The molecule has 0 radical (unpaired) electrons. The molecule has 0 spiro atoms. The first-order chi connectivity index (χ1) is 6.31. The highest BCUT2D eigenvalue weighted by atomic mass is 16.3. The first-order valence-electron chi connectivity index (χ1n) is 4.78. The van der Waals surface area contributed by atoms with Gasteiger partial charge in [-0.05, 0) is 43.4 Å². The number of rotatable bonds is 3. The van der Waals surface area contributed by atoms with Crippen molar-refractivity contribution in [1.82, 2.24) is 0 Å². The highest BCUT2D eigenvalue weighted by Crippen LogP contribution is 2.42. The summed E-state index contributed by atoms with van der Waals surface area (Å²) in [5, 5.41) is 0. The number of furan rings is 1. The molecule has 13 heavy (non-hydrogen) atoms. The van der Waals surface area contributed by atoms with E-state index in [2.05, 4.69) is 6.08 Å². The van der Waals surface area contributed by atoms with Crippen LogP contribution in [0.4, 0.5) is 0 Å². The summed E-state index contributed by atoms with van der Waals surface area (Å²) in [6, 6.07) is 4.04. The maximum absolute atomic E-state index is 5.58. The van der Waals surface area contributed by atoms with Crippen molar-refractivity contribution in [2.24, 2.45) is 11.7 Å². The normalized spacial score (nSPS) is 17.8. The zero-order valence-electron chi connectivity index (χ0n) is 7.92. The van der Waals surface area contributed by atoms with Crippen molar-refractivity contribution in [1.29, 1.82) is 0 Å². The van der Waals surface area contributed by atoms with E-state index in [1.54, 1.807) is 0 Å². The third-order valence-corrected chi connectivity index (χ3v) is 2.38. The first kappa shape index (κ1) is 8.57. The maximum Gasteiger partial charge on any atom is 0.130 e. The van der Waals surface area contributed by atoms with Crippen molar-refractivity contribution in [2.75, 3.05) is 6.54 Å². The average molecular weight is 177 g/mol. The second-order valence-electron chi connectivity index (χ2n) is 3.58. The molecule has 0 saturated heterocycles. The molecule has 0 amide bonds. The number of nitrogens with two attached hydrogens (primary N) is 1. The molecule has 70 valence electrons. The van der Waals surface area contributed by atoms with E-state index in [0.29, 0.717) is 12.5 Å². The van der Waals surface area contributed by atoms with Crippen LogP contribution in [0.2, 0.25) is 0 Å². The number of hydrogen-bond donors (Lipinski definition) is 1. The van der Waals surface area contributed by atoms with Gasteiger partial charge in [-0.15, -0.1) is 0 Å². The SMILES string of the molecule is Cc1ccc(/C(=C/CN)C2CC2)o1. The smallest absolute Gasteiger partial charge is 0.130 e. The summed E-state index contributed by atoms with van der Waals surface area (Å²) < 4.78 is 5.58. The predicted molar refractivity (Wildman–Crippen MR) is 53.2 cm³/mol. The molecule has 2 heteroatoms. The van der Waals surface area contributed by atoms with Gasteiger partial charge in [0, 0.05) is 6.54 Å². The first-order valence-corrected chi connectivity index (χ1v) is 4.78. The molecular weight excluding hydrogens is 162 g/mol. The van der Waals surface area contributed by atoms with Gasteiger partial charge in [-0.3, -0.25) is 0 Å². The van der Waals surface area contributed by atoms with Crippen LogP contribution in [-0.2, 0) is 0 Å². The van der Waals surface area contributed by atoms with Crippen LogP contribution in [0.1, 0.15) is 24.4 Å². The minimum atomic E-state index is 0.603. The zero-order valence-corrected chi connectivity index (χ0v) is 7.92. The summed E-state index contributed by atoms with van der Waals surface area (Å²) in [6.07, 6.45) is 4.65. The lowest BCUT2D eigenvalue weighted by molar-refractivity contribution is 0.518. The van der Waals surface area contributed by atoms with Crippen molar-refractivity contribution >= 4 is 5.57 Å². The molecule has 2 nitrogen and oxygen atoms in total. The van der Waals surface area contributed by atoms with Crippen molar-refractivity contribution < 1.29 is 4.42 Å². The molecule has 1 aromatic rings. The molecule has 1 aliphatic carbocycles. The third-order valence-electron chi connectivity index (χ3n) is 2.38. The molecule has 0 aromatic carbocycles. The second kappa shape index (κ2) is 3.38. The van der Waals surface area contributed by atoms with Crippen molar-refractivity contribution in [3.63, 3.8) is 0 Å². The topological polar surface area (TPSA) is 39.2 Å². The zero-order chi connectivity index (χ0) is 9.26. The Morgan fingerprint density at radius 1 is 1.62 bits per heavy atom. The van der Waals surface area contributed by atoms with E-state index in [1.165, 1.54) is 18.4 Å². The lowest BCUT2D eigenvalue weighted by atomic mass is 10.1. The standard InChI is InChI=1S/C11H15NO/c1-8-2-5-11(13-8)10(6-7-12)9-3-4-9/h2,5-6,9H,3-4,7,12H2,1H3/b10-6+. The molecule has 0 unspecified atom stereocenters. The van der Waals surface area contributed by atoms with Gasteiger partial charge in [0.05, 0.1) is 0 Å². The fraction of sp³-hybridized carbons (Fsp3) is 0.455. The number of hydrogen-bond acceptors (Lipinski definition) is 2. The second-order valence-corrected chi connectivity index (χ2v) is 3.58. The van der Waals surface area contributed by atoms with Gasteiger partial charge in [0.15, 0.2) is 0 Å². The van der Waals surface area contributed by atoms with E-state index in [0.717, 1.165) is 11.5 Å². The minimum Gasteiger partial charge on any atom is -0.462 e. The highest BCUT2D eigenvalue weighted by molar-refractivity contribution is 5.65. The van der Waals surface area contributed by atoms with Gasteiger partial charge in [0.2, 0.25) is 0 Å². The summed E-state index contributed by atoms with van der Waals surface area (Å²) in [5.41, 5.74) is 6.82. The Labute approximate surface area is 78.4 Å². The average Bonchev–Trinajstić information content (AvgIpc) is 2.85. The van der Waals surface area contributed by atoms with Crippen LogP contribution in [-0.4, -0.2) is 6.54 Å². The summed E-state index contributed by atoms with van der Waals surface area (Å²) in [4.78, 5) is 0. The van der Waals surface area contributed by atoms with Crippen LogP contribution in [0.3, 0.4) is 0 Å². The Bertz CT molecular complexity index is 321. The minimum absolute atomic E-state index is 0.603. The van der Waals surface area contributed by atoms with Gasteiger partial charge in [-0.2, -0.15) is 0 Å². The molecule has 1 aliphatic rings. The molecule has 1 saturated carbocycles. The summed E-state index contributed by atoms with van der Waals surface area (Å²) >= 11 is 0. The van der Waals surface area contributed by atoms with Crippen molar-refractivity contribution in [2.45, 2.75) is 19.8 Å². The molecule has 1 aromatic heterocycles.